The van der Waals surface area contributed by atoms with E-state index in [9.17, 15) is 45.3 Å². The van der Waals surface area contributed by atoms with E-state index in [2.05, 4.69) is 10.6 Å². The predicted octanol–water partition coefficient (Wildman–Crippen LogP) is 1.44. The largest absolute Gasteiger partial charge is 0.504 e. The minimum absolute atomic E-state index is 0.0488. The Labute approximate surface area is 215 Å². The fourth-order valence-electron chi connectivity index (χ4n) is 3.24. The van der Waals surface area contributed by atoms with E-state index in [1.54, 1.807) is 0 Å². The Hall–Kier alpha value is -5.36. The van der Waals surface area contributed by atoms with Crippen LogP contribution in [0.5, 0.6) is 40.2 Å². The summed E-state index contributed by atoms with van der Waals surface area (Å²) in [6, 6.07) is 8.80. The van der Waals surface area contributed by atoms with Crippen LogP contribution in [0.2, 0.25) is 0 Å². The maximum Gasteiger partial charge on any atom is 0.271 e. The van der Waals surface area contributed by atoms with E-state index < -0.39 is 40.9 Å². The van der Waals surface area contributed by atoms with Gasteiger partial charge in [0.15, 0.2) is 40.2 Å². The second-order valence-corrected chi connectivity index (χ2v) is 8.14. The molecule has 0 unspecified atom stereocenters. The van der Waals surface area contributed by atoms with E-state index in [-0.39, 0.29) is 34.9 Å². The second-order valence-electron chi connectivity index (χ2n) is 8.14. The van der Waals surface area contributed by atoms with Gasteiger partial charge in [0.1, 0.15) is 5.70 Å². The van der Waals surface area contributed by atoms with Crippen LogP contribution in [0.25, 0.3) is 12.2 Å². The number of benzene rings is 3. The van der Waals surface area contributed by atoms with Gasteiger partial charge in [0, 0.05) is 6.20 Å². The standard InChI is InChI=1S/C26H25N3O9/c27-16(7-14-2-4-19(31)21(33)10-14)25(37)29-17(8-15-11-22(34)24(36)23(35)12-15)26(38)28-6-5-13-1-3-18(30)20(32)9-13/h1-6,8-12,16,30-36H,7,27H2,(H,28,38)(H,29,37)/t16-/m0/s1. The molecule has 0 saturated heterocycles. The van der Waals surface area contributed by atoms with E-state index in [0.29, 0.717) is 11.1 Å². The van der Waals surface area contributed by atoms with Crippen molar-refractivity contribution in [1.29, 1.82) is 0 Å². The molecule has 3 rings (SSSR count). The van der Waals surface area contributed by atoms with Crippen LogP contribution in [-0.4, -0.2) is 53.6 Å². The Kier molecular flexibility index (Phi) is 8.30. The monoisotopic (exact) mass is 523 g/mol. The molecule has 3 aromatic carbocycles. The Morgan fingerprint density at radius 1 is 0.763 bits per heavy atom. The van der Waals surface area contributed by atoms with Crippen molar-refractivity contribution >= 4 is 24.0 Å². The zero-order valence-electron chi connectivity index (χ0n) is 19.7. The van der Waals surface area contributed by atoms with Crippen LogP contribution in [0.4, 0.5) is 0 Å². The van der Waals surface area contributed by atoms with Crippen molar-refractivity contribution in [2.75, 3.05) is 0 Å². The van der Waals surface area contributed by atoms with Crippen LogP contribution in [-0.2, 0) is 16.0 Å². The normalized spacial score (nSPS) is 12.3. The van der Waals surface area contributed by atoms with Crippen molar-refractivity contribution in [2.45, 2.75) is 12.5 Å². The maximum atomic E-state index is 12.9. The molecule has 38 heavy (non-hydrogen) atoms. The summed E-state index contributed by atoms with van der Waals surface area (Å²) in [5.74, 6) is -5.15. The van der Waals surface area contributed by atoms with Gasteiger partial charge in [0.05, 0.1) is 6.04 Å². The van der Waals surface area contributed by atoms with Gasteiger partial charge >= 0.3 is 0 Å². The molecule has 0 bridgehead atoms. The van der Waals surface area contributed by atoms with Crippen LogP contribution in [0, 0.1) is 0 Å². The number of carbonyl (C=O) groups is 2. The summed E-state index contributed by atoms with van der Waals surface area (Å²) >= 11 is 0. The topological polar surface area (TPSA) is 226 Å². The third kappa shape index (κ3) is 6.86. The molecule has 3 aromatic rings. The number of aromatic hydroxyl groups is 7. The highest BCUT2D eigenvalue weighted by Crippen LogP contribution is 2.36. The van der Waals surface area contributed by atoms with E-state index >= 15 is 0 Å². The molecule has 0 radical (unpaired) electrons. The summed E-state index contributed by atoms with van der Waals surface area (Å²) in [7, 11) is 0. The highest BCUT2D eigenvalue weighted by atomic mass is 16.3. The first-order chi connectivity index (χ1) is 17.9. The van der Waals surface area contributed by atoms with E-state index in [4.69, 9.17) is 5.73 Å². The number of rotatable bonds is 8. The predicted molar refractivity (Wildman–Crippen MR) is 136 cm³/mol. The zero-order valence-corrected chi connectivity index (χ0v) is 19.7. The first-order valence-electron chi connectivity index (χ1n) is 11.0. The number of carbonyl (C=O) groups excluding carboxylic acids is 2. The Morgan fingerprint density at radius 2 is 1.34 bits per heavy atom. The number of hydrogen-bond donors (Lipinski definition) is 10. The molecule has 11 N–H and O–H groups in total. The minimum atomic E-state index is -1.19. The lowest BCUT2D eigenvalue weighted by Crippen LogP contribution is -2.44. The van der Waals surface area contributed by atoms with Crippen molar-refractivity contribution in [3.8, 4) is 40.2 Å². The molecular weight excluding hydrogens is 498 g/mol. The summed E-state index contributed by atoms with van der Waals surface area (Å²) in [5.41, 5.74) is 6.54. The quantitative estimate of drug-likeness (QED) is 0.151. The summed E-state index contributed by atoms with van der Waals surface area (Å²) in [6.07, 6.45) is 3.67. The molecule has 0 saturated carbocycles. The number of amides is 2. The molecule has 0 fully saturated rings. The molecule has 0 heterocycles. The fourth-order valence-corrected chi connectivity index (χ4v) is 3.24. The Bertz CT molecular complexity index is 1410. The summed E-state index contributed by atoms with van der Waals surface area (Å²) in [4.78, 5) is 25.7. The minimum Gasteiger partial charge on any atom is -0.504 e. The lowest BCUT2D eigenvalue weighted by Gasteiger charge is -2.15. The van der Waals surface area contributed by atoms with Crippen LogP contribution < -0.4 is 16.4 Å². The van der Waals surface area contributed by atoms with Crippen molar-refractivity contribution in [1.82, 2.24) is 10.6 Å². The van der Waals surface area contributed by atoms with Crippen molar-refractivity contribution in [3.63, 3.8) is 0 Å². The van der Waals surface area contributed by atoms with Gasteiger partial charge in [-0.1, -0.05) is 12.1 Å². The van der Waals surface area contributed by atoms with Gasteiger partial charge in [0.25, 0.3) is 5.91 Å². The van der Waals surface area contributed by atoms with Gasteiger partial charge in [-0.2, -0.15) is 0 Å². The second kappa shape index (κ2) is 11.6. The Balaban J connectivity index is 1.82. The number of phenolic OH excluding ortho intramolecular Hbond substituents is 7. The smallest absolute Gasteiger partial charge is 0.271 e. The zero-order chi connectivity index (χ0) is 28.0. The molecule has 1 atom stereocenters. The molecular formula is C26H25N3O9. The SMILES string of the molecule is N[C@@H](Cc1ccc(O)c(O)c1)C(=O)NC(=Cc1cc(O)c(O)c(O)c1)C(=O)NC=Cc1ccc(O)c(O)c1. The molecule has 2 amide bonds. The number of nitrogens with two attached hydrogens (primary N) is 1. The summed E-state index contributed by atoms with van der Waals surface area (Å²) < 4.78 is 0. The van der Waals surface area contributed by atoms with Crippen LogP contribution >= 0.6 is 0 Å². The third-order valence-corrected chi connectivity index (χ3v) is 5.23. The maximum absolute atomic E-state index is 12.9. The van der Waals surface area contributed by atoms with Gasteiger partial charge in [0.2, 0.25) is 5.91 Å². The van der Waals surface area contributed by atoms with Crippen molar-refractivity contribution in [3.05, 3.63) is 77.1 Å². The van der Waals surface area contributed by atoms with E-state index in [1.165, 1.54) is 48.7 Å². The third-order valence-electron chi connectivity index (χ3n) is 5.23. The Morgan fingerprint density at radius 3 is 1.95 bits per heavy atom. The fraction of sp³-hybridized carbons (Fsp3) is 0.0769. The number of nitrogens with one attached hydrogen (secondary N) is 2. The van der Waals surface area contributed by atoms with Crippen LogP contribution in [0.15, 0.2) is 60.4 Å². The number of phenols is 7. The molecule has 0 aliphatic heterocycles. The molecule has 0 aliphatic rings. The van der Waals surface area contributed by atoms with Crippen LogP contribution in [0.1, 0.15) is 16.7 Å². The number of hydrogen-bond acceptors (Lipinski definition) is 10. The van der Waals surface area contributed by atoms with Crippen LogP contribution in [0.3, 0.4) is 0 Å². The average Bonchev–Trinajstić information content (AvgIpc) is 2.86. The average molecular weight is 523 g/mol. The molecule has 0 spiro atoms. The lowest BCUT2D eigenvalue weighted by atomic mass is 10.0. The molecule has 198 valence electrons. The molecule has 0 aliphatic carbocycles. The van der Waals surface area contributed by atoms with Gasteiger partial charge in [-0.05, 0) is 71.7 Å². The highest BCUT2D eigenvalue weighted by molar-refractivity contribution is 6.02. The summed E-state index contributed by atoms with van der Waals surface area (Å²) in [6.45, 7) is 0. The lowest BCUT2D eigenvalue weighted by molar-refractivity contribution is -0.124. The van der Waals surface area contributed by atoms with Crippen molar-refractivity contribution < 1.29 is 45.3 Å². The van der Waals surface area contributed by atoms with Crippen molar-refractivity contribution in [2.24, 2.45) is 5.73 Å². The van der Waals surface area contributed by atoms with Gasteiger partial charge < -0.3 is 52.1 Å². The molecule has 12 heteroatoms. The molecule has 12 nitrogen and oxygen atoms in total. The molecule has 0 aromatic heterocycles. The highest BCUT2D eigenvalue weighted by Gasteiger charge is 2.20. The van der Waals surface area contributed by atoms with E-state index in [1.807, 2.05) is 0 Å². The first-order valence-corrected chi connectivity index (χ1v) is 11.0. The summed E-state index contributed by atoms with van der Waals surface area (Å²) in [5, 5.41) is 72.0. The van der Waals surface area contributed by atoms with Gasteiger partial charge in [-0.15, -0.1) is 0 Å². The first kappa shape index (κ1) is 27.2. The van der Waals surface area contributed by atoms with E-state index in [0.717, 1.165) is 18.2 Å². The van der Waals surface area contributed by atoms with Gasteiger partial charge in [-0.25, -0.2) is 0 Å². The van der Waals surface area contributed by atoms with Gasteiger partial charge in [-0.3, -0.25) is 9.59 Å².